The van der Waals surface area contributed by atoms with Crippen molar-refractivity contribution >= 4 is 22.0 Å². The number of halogens is 1. The van der Waals surface area contributed by atoms with Crippen molar-refractivity contribution in [2.45, 2.75) is 32.2 Å². The molecule has 126 valence electrons. The van der Waals surface area contributed by atoms with Gasteiger partial charge in [0.25, 0.3) is 0 Å². The van der Waals surface area contributed by atoms with E-state index in [2.05, 4.69) is 31.2 Å². The number of rotatable bonds is 5. The number of hydrogen-bond donors (Lipinski definition) is 1. The lowest BCUT2D eigenvalue weighted by Gasteiger charge is -2.56. The summed E-state index contributed by atoms with van der Waals surface area (Å²) < 4.78 is 6.24. The minimum absolute atomic E-state index is 0.0462. The second-order valence-electron chi connectivity index (χ2n) is 6.71. The van der Waals surface area contributed by atoms with E-state index >= 15 is 0 Å². The van der Waals surface area contributed by atoms with Gasteiger partial charge in [0.15, 0.2) is 0 Å². The summed E-state index contributed by atoms with van der Waals surface area (Å²) in [5, 5.41) is 2.98. The molecule has 1 saturated heterocycles. The number of urea groups is 1. The van der Waals surface area contributed by atoms with Crippen molar-refractivity contribution in [3.8, 4) is 0 Å². The number of nitrogens with zero attached hydrogens (tertiary/aromatic N) is 3. The summed E-state index contributed by atoms with van der Waals surface area (Å²) in [5.74, 6) is 1.32. The Morgan fingerprint density at radius 3 is 2.65 bits per heavy atom. The molecule has 6 nitrogen and oxygen atoms in total. The van der Waals surface area contributed by atoms with E-state index in [1.54, 1.807) is 19.5 Å². The quantitative estimate of drug-likeness (QED) is 0.849. The third-order valence-electron chi connectivity index (χ3n) is 5.07. The Morgan fingerprint density at radius 2 is 2.13 bits per heavy atom. The first-order valence-electron chi connectivity index (χ1n) is 8.06. The highest BCUT2D eigenvalue weighted by Crippen LogP contribution is 2.48. The minimum Gasteiger partial charge on any atom is -0.384 e. The Bertz CT molecular complexity index is 556. The van der Waals surface area contributed by atoms with E-state index in [-0.39, 0.29) is 17.5 Å². The number of ether oxygens (including phenoxy) is 1. The smallest absolute Gasteiger partial charge is 0.318 e. The average Bonchev–Trinajstić information content (AvgIpc) is 2.42. The van der Waals surface area contributed by atoms with E-state index in [4.69, 9.17) is 4.74 Å². The summed E-state index contributed by atoms with van der Waals surface area (Å²) in [6.07, 6.45) is 7.22. The van der Waals surface area contributed by atoms with Crippen LogP contribution in [0.4, 0.5) is 4.79 Å². The summed E-state index contributed by atoms with van der Waals surface area (Å²) in [4.78, 5) is 22.7. The van der Waals surface area contributed by atoms with Crippen LogP contribution in [0.3, 0.4) is 0 Å². The van der Waals surface area contributed by atoms with Crippen LogP contribution in [0.1, 0.15) is 38.1 Å². The Hall–Kier alpha value is -1.21. The standard InChI is InChI=1S/C16H23BrN4O2/c1-11(14-18-6-13(17)7-19-14)20-15(22)21-8-16(9-21,10-23-2)12-4-3-5-12/h6-7,11-12H,3-5,8-10H2,1-2H3,(H,20,22). The van der Waals surface area contributed by atoms with Crippen molar-refractivity contribution in [2.75, 3.05) is 26.8 Å². The molecular formula is C16H23BrN4O2. The number of nitrogens with one attached hydrogen (secondary N) is 1. The van der Waals surface area contributed by atoms with E-state index in [0.29, 0.717) is 11.7 Å². The molecule has 0 radical (unpaired) electrons. The Kier molecular flexibility index (Phi) is 4.87. The SMILES string of the molecule is COCC1(C2CCC2)CN(C(=O)NC(C)c2ncc(Br)cn2)C1. The molecule has 0 bridgehead atoms. The van der Waals surface area contributed by atoms with E-state index in [0.717, 1.165) is 24.2 Å². The lowest BCUT2D eigenvalue weighted by Crippen LogP contribution is -2.66. The summed E-state index contributed by atoms with van der Waals surface area (Å²) in [5.41, 5.74) is 0.168. The second kappa shape index (κ2) is 6.73. The molecule has 7 heteroatoms. The van der Waals surface area contributed by atoms with Gasteiger partial charge in [-0.25, -0.2) is 14.8 Å². The number of aromatic nitrogens is 2. The maximum atomic E-state index is 12.4. The molecule has 3 rings (SSSR count). The molecule has 0 spiro atoms. The van der Waals surface area contributed by atoms with Crippen molar-refractivity contribution in [1.29, 1.82) is 0 Å². The Balaban J connectivity index is 1.54. The summed E-state index contributed by atoms with van der Waals surface area (Å²) in [7, 11) is 1.75. The molecule has 1 aromatic heterocycles. The van der Waals surface area contributed by atoms with Gasteiger partial charge in [-0.2, -0.15) is 0 Å². The van der Waals surface area contributed by atoms with Crippen LogP contribution in [0, 0.1) is 11.3 Å². The van der Waals surface area contributed by atoms with Crippen molar-refractivity contribution < 1.29 is 9.53 Å². The lowest BCUT2D eigenvalue weighted by atomic mass is 9.61. The zero-order valence-corrected chi connectivity index (χ0v) is 15.2. The molecule has 1 unspecified atom stereocenters. The molecule has 1 atom stereocenters. The number of hydrogen-bond acceptors (Lipinski definition) is 4. The molecule has 1 N–H and O–H groups in total. The zero-order chi connectivity index (χ0) is 16.4. The third-order valence-corrected chi connectivity index (χ3v) is 5.48. The minimum atomic E-state index is -0.211. The van der Waals surface area contributed by atoms with Gasteiger partial charge < -0.3 is 15.0 Å². The molecule has 2 aliphatic rings. The molecule has 23 heavy (non-hydrogen) atoms. The summed E-state index contributed by atoms with van der Waals surface area (Å²) >= 11 is 3.31. The predicted octanol–water partition coefficient (Wildman–Crippen LogP) is 2.76. The van der Waals surface area contributed by atoms with Crippen LogP contribution in [-0.4, -0.2) is 47.7 Å². The molecule has 1 aliphatic carbocycles. The summed E-state index contributed by atoms with van der Waals surface area (Å²) in [6, 6.07) is -0.258. The van der Waals surface area contributed by atoms with Crippen molar-refractivity contribution in [2.24, 2.45) is 11.3 Å². The highest BCUT2D eigenvalue weighted by Gasteiger charge is 2.52. The van der Waals surface area contributed by atoms with Gasteiger partial charge in [0.1, 0.15) is 5.82 Å². The second-order valence-corrected chi connectivity index (χ2v) is 7.63. The van der Waals surface area contributed by atoms with Gasteiger partial charge in [-0.05, 0) is 41.6 Å². The van der Waals surface area contributed by atoms with Gasteiger partial charge in [0.05, 0.1) is 17.1 Å². The zero-order valence-electron chi connectivity index (χ0n) is 13.6. The van der Waals surface area contributed by atoms with E-state index in [9.17, 15) is 4.79 Å². The first kappa shape index (κ1) is 16.6. The van der Waals surface area contributed by atoms with Crippen LogP contribution in [0.15, 0.2) is 16.9 Å². The van der Waals surface area contributed by atoms with Crippen LogP contribution in [0.5, 0.6) is 0 Å². The maximum Gasteiger partial charge on any atom is 0.318 e. The van der Waals surface area contributed by atoms with Crippen LogP contribution < -0.4 is 5.32 Å². The van der Waals surface area contributed by atoms with E-state index in [1.165, 1.54) is 19.3 Å². The van der Waals surface area contributed by atoms with Gasteiger partial charge in [0, 0.05) is 38.0 Å². The molecule has 2 heterocycles. The fourth-order valence-electron chi connectivity index (χ4n) is 3.52. The molecule has 2 fully saturated rings. The van der Waals surface area contributed by atoms with Crippen molar-refractivity contribution in [1.82, 2.24) is 20.2 Å². The number of carbonyl (C=O) groups excluding carboxylic acids is 1. The average molecular weight is 383 g/mol. The number of carbonyl (C=O) groups is 1. The normalized spacial score (nSPS) is 21.3. The van der Waals surface area contributed by atoms with Crippen molar-refractivity contribution in [3.63, 3.8) is 0 Å². The van der Waals surface area contributed by atoms with Crippen LogP contribution in [-0.2, 0) is 4.74 Å². The van der Waals surface area contributed by atoms with Crippen LogP contribution in [0.2, 0.25) is 0 Å². The van der Waals surface area contributed by atoms with E-state index < -0.39 is 0 Å². The molecule has 0 aromatic carbocycles. The van der Waals surface area contributed by atoms with Gasteiger partial charge in [-0.1, -0.05) is 6.42 Å². The monoisotopic (exact) mass is 382 g/mol. The first-order chi connectivity index (χ1) is 11.0. The van der Waals surface area contributed by atoms with Gasteiger partial charge in [-0.15, -0.1) is 0 Å². The van der Waals surface area contributed by atoms with Crippen LogP contribution >= 0.6 is 15.9 Å². The van der Waals surface area contributed by atoms with Gasteiger partial charge in [-0.3, -0.25) is 0 Å². The van der Waals surface area contributed by atoms with Gasteiger partial charge >= 0.3 is 6.03 Å². The highest BCUT2D eigenvalue weighted by atomic mass is 79.9. The van der Waals surface area contributed by atoms with Gasteiger partial charge in [0.2, 0.25) is 0 Å². The fraction of sp³-hybridized carbons (Fsp3) is 0.688. The topological polar surface area (TPSA) is 67.3 Å². The largest absolute Gasteiger partial charge is 0.384 e. The van der Waals surface area contributed by atoms with E-state index in [1.807, 2.05) is 11.8 Å². The molecule has 1 aliphatic heterocycles. The molecule has 1 aromatic rings. The molecular weight excluding hydrogens is 360 g/mol. The number of likely N-dealkylation sites (tertiary alicyclic amines) is 1. The summed E-state index contributed by atoms with van der Waals surface area (Å²) in [6.45, 7) is 4.21. The molecule has 2 amide bonds. The molecule has 1 saturated carbocycles. The third kappa shape index (κ3) is 3.35. The number of methoxy groups -OCH3 is 1. The predicted molar refractivity (Wildman–Crippen MR) is 89.9 cm³/mol. The van der Waals surface area contributed by atoms with Crippen molar-refractivity contribution in [3.05, 3.63) is 22.7 Å². The highest BCUT2D eigenvalue weighted by molar-refractivity contribution is 9.10. The lowest BCUT2D eigenvalue weighted by molar-refractivity contribution is -0.0941. The Labute approximate surface area is 145 Å². The fourth-order valence-corrected chi connectivity index (χ4v) is 3.72. The Morgan fingerprint density at radius 1 is 1.48 bits per heavy atom. The first-order valence-corrected chi connectivity index (χ1v) is 8.85. The number of amides is 2. The maximum absolute atomic E-state index is 12.4. The van der Waals surface area contributed by atoms with Crippen LogP contribution in [0.25, 0.3) is 0 Å².